The molecule has 0 saturated heterocycles. The summed E-state index contributed by atoms with van der Waals surface area (Å²) in [6.07, 6.45) is 2.68. The van der Waals surface area contributed by atoms with E-state index in [2.05, 4.69) is 5.32 Å². The number of carbonyl (C=O) groups is 2. The number of benzene rings is 1. The summed E-state index contributed by atoms with van der Waals surface area (Å²) < 4.78 is 5.48. The molecule has 1 heterocycles. The number of nitrogens with one attached hydrogen (secondary N) is 1. The molecular weight excluding hydrogens is 258 g/mol. The maximum absolute atomic E-state index is 12.4. The van der Waals surface area contributed by atoms with Crippen LogP contribution in [-0.4, -0.2) is 29.1 Å². The minimum absolute atomic E-state index is 0.251. The summed E-state index contributed by atoms with van der Waals surface area (Å²) in [5.74, 6) is -0.888. The second kappa shape index (κ2) is 4.81. The molecule has 1 fully saturated rings. The number of para-hydroxylation sites is 1. The Labute approximate surface area is 116 Å². The van der Waals surface area contributed by atoms with Gasteiger partial charge in [-0.2, -0.15) is 0 Å². The van der Waals surface area contributed by atoms with E-state index in [1.54, 1.807) is 0 Å². The van der Waals surface area contributed by atoms with Gasteiger partial charge in [0.1, 0.15) is 23.8 Å². The maximum atomic E-state index is 12.4. The molecule has 2 aliphatic rings. The number of rotatable bonds is 3. The van der Waals surface area contributed by atoms with Crippen LogP contribution in [0.2, 0.25) is 0 Å². The van der Waals surface area contributed by atoms with Crippen LogP contribution in [0.1, 0.15) is 37.2 Å². The molecule has 0 bridgehead atoms. The zero-order valence-corrected chi connectivity index (χ0v) is 11.1. The summed E-state index contributed by atoms with van der Waals surface area (Å²) in [7, 11) is 0. The van der Waals surface area contributed by atoms with E-state index in [4.69, 9.17) is 4.74 Å². The molecule has 1 atom stereocenters. The maximum Gasteiger partial charge on any atom is 0.329 e. The fourth-order valence-electron chi connectivity index (χ4n) is 3.07. The molecule has 1 aliphatic heterocycles. The summed E-state index contributed by atoms with van der Waals surface area (Å²) in [6, 6.07) is 7.39. The molecule has 106 valence electrons. The number of fused-ring (bicyclic) bond motifs is 1. The number of aliphatic carboxylic acids is 1. The third-order valence-corrected chi connectivity index (χ3v) is 4.25. The number of ether oxygens (including phenoxy) is 1. The minimum Gasteiger partial charge on any atom is -0.492 e. The third-order valence-electron chi connectivity index (χ3n) is 4.25. The van der Waals surface area contributed by atoms with E-state index in [-0.39, 0.29) is 12.5 Å². The molecule has 3 rings (SSSR count). The van der Waals surface area contributed by atoms with Gasteiger partial charge < -0.3 is 15.2 Å². The van der Waals surface area contributed by atoms with Crippen molar-refractivity contribution in [3.8, 4) is 5.75 Å². The van der Waals surface area contributed by atoms with E-state index in [0.717, 1.165) is 18.4 Å². The average Bonchev–Trinajstić information content (AvgIpc) is 3.05. The Hall–Kier alpha value is -2.04. The largest absolute Gasteiger partial charge is 0.492 e. The second-order valence-electron chi connectivity index (χ2n) is 5.49. The number of carbonyl (C=O) groups excluding carboxylic acids is 1. The Morgan fingerprint density at radius 3 is 2.65 bits per heavy atom. The number of carboxylic acid groups (broad SMARTS) is 1. The smallest absolute Gasteiger partial charge is 0.329 e. The molecule has 1 amide bonds. The van der Waals surface area contributed by atoms with Crippen molar-refractivity contribution in [2.24, 2.45) is 0 Å². The fourth-order valence-corrected chi connectivity index (χ4v) is 3.07. The molecule has 0 radical (unpaired) electrons. The van der Waals surface area contributed by atoms with Crippen molar-refractivity contribution in [3.63, 3.8) is 0 Å². The topological polar surface area (TPSA) is 75.6 Å². The van der Waals surface area contributed by atoms with Crippen LogP contribution in [-0.2, 0) is 9.59 Å². The van der Waals surface area contributed by atoms with Crippen molar-refractivity contribution in [3.05, 3.63) is 29.8 Å². The number of carboxylic acids is 1. The van der Waals surface area contributed by atoms with Crippen molar-refractivity contribution in [1.29, 1.82) is 0 Å². The zero-order chi connectivity index (χ0) is 14.2. The highest BCUT2D eigenvalue weighted by molar-refractivity contribution is 5.91. The highest BCUT2D eigenvalue weighted by Gasteiger charge is 2.44. The molecule has 0 aromatic heterocycles. The Morgan fingerprint density at radius 1 is 1.25 bits per heavy atom. The summed E-state index contributed by atoms with van der Waals surface area (Å²) in [4.78, 5) is 23.9. The molecule has 5 nitrogen and oxygen atoms in total. The molecule has 1 aromatic rings. The quantitative estimate of drug-likeness (QED) is 0.880. The van der Waals surface area contributed by atoms with E-state index >= 15 is 0 Å². The van der Waals surface area contributed by atoms with Crippen LogP contribution >= 0.6 is 0 Å². The highest BCUT2D eigenvalue weighted by atomic mass is 16.5. The van der Waals surface area contributed by atoms with Crippen LogP contribution < -0.4 is 10.1 Å². The van der Waals surface area contributed by atoms with Crippen molar-refractivity contribution in [2.45, 2.75) is 37.1 Å². The van der Waals surface area contributed by atoms with Gasteiger partial charge in [-0.15, -0.1) is 0 Å². The van der Waals surface area contributed by atoms with Gasteiger partial charge in [0.15, 0.2) is 0 Å². The lowest BCUT2D eigenvalue weighted by Crippen LogP contribution is -2.53. The summed E-state index contributed by atoms with van der Waals surface area (Å²) >= 11 is 0. The van der Waals surface area contributed by atoms with E-state index in [0.29, 0.717) is 18.6 Å². The molecule has 2 N–H and O–H groups in total. The van der Waals surface area contributed by atoms with Crippen molar-refractivity contribution >= 4 is 11.9 Å². The van der Waals surface area contributed by atoms with Gasteiger partial charge in [0.25, 0.3) is 0 Å². The molecule has 20 heavy (non-hydrogen) atoms. The van der Waals surface area contributed by atoms with Gasteiger partial charge in [-0.05, 0) is 18.9 Å². The molecule has 1 aromatic carbocycles. The molecule has 1 saturated carbocycles. The summed E-state index contributed by atoms with van der Waals surface area (Å²) in [5.41, 5.74) is -0.252. The van der Waals surface area contributed by atoms with Crippen LogP contribution in [0.3, 0.4) is 0 Å². The second-order valence-corrected chi connectivity index (χ2v) is 5.49. The van der Waals surface area contributed by atoms with Crippen LogP contribution in [0.15, 0.2) is 24.3 Å². The molecule has 0 spiro atoms. The van der Waals surface area contributed by atoms with Gasteiger partial charge in [0, 0.05) is 5.56 Å². The first kappa shape index (κ1) is 13.0. The number of hydrogen-bond donors (Lipinski definition) is 2. The first-order valence-electron chi connectivity index (χ1n) is 6.89. The number of amides is 1. The van der Waals surface area contributed by atoms with E-state index in [1.807, 2.05) is 24.3 Å². The average molecular weight is 275 g/mol. The zero-order valence-electron chi connectivity index (χ0n) is 11.1. The predicted octanol–water partition coefficient (Wildman–Crippen LogP) is 1.68. The first-order valence-corrected chi connectivity index (χ1v) is 6.89. The van der Waals surface area contributed by atoms with Crippen molar-refractivity contribution < 1.29 is 19.4 Å². The molecule has 1 aliphatic carbocycles. The van der Waals surface area contributed by atoms with E-state index < -0.39 is 17.4 Å². The molecular formula is C15H17NO4. The van der Waals surface area contributed by atoms with Gasteiger partial charge in [-0.25, -0.2) is 4.79 Å². The monoisotopic (exact) mass is 275 g/mol. The lowest BCUT2D eigenvalue weighted by molar-refractivity contribution is -0.147. The van der Waals surface area contributed by atoms with Crippen LogP contribution in [0.5, 0.6) is 5.75 Å². The summed E-state index contributed by atoms with van der Waals surface area (Å²) in [6.45, 7) is 0.279. The van der Waals surface area contributed by atoms with Crippen molar-refractivity contribution in [1.82, 2.24) is 5.32 Å². The van der Waals surface area contributed by atoms with Gasteiger partial charge in [0.05, 0.1) is 0 Å². The SMILES string of the molecule is O=C(NC1(C(=O)O)CCCC1)[C@@H]1COc2ccccc21. The third kappa shape index (κ3) is 2.03. The van der Waals surface area contributed by atoms with Crippen LogP contribution in [0.4, 0.5) is 0 Å². The van der Waals surface area contributed by atoms with E-state index in [1.165, 1.54) is 0 Å². The van der Waals surface area contributed by atoms with Gasteiger partial charge in [-0.3, -0.25) is 4.79 Å². The molecule has 0 unspecified atom stereocenters. The Bertz CT molecular complexity index is 549. The Balaban J connectivity index is 1.79. The van der Waals surface area contributed by atoms with E-state index in [9.17, 15) is 14.7 Å². The van der Waals surface area contributed by atoms with Gasteiger partial charge in [-0.1, -0.05) is 31.0 Å². The van der Waals surface area contributed by atoms with Crippen LogP contribution in [0, 0.1) is 0 Å². The minimum atomic E-state index is -1.09. The van der Waals surface area contributed by atoms with Gasteiger partial charge >= 0.3 is 5.97 Å². The summed E-state index contributed by atoms with van der Waals surface area (Å²) in [5, 5.41) is 12.2. The predicted molar refractivity (Wildman–Crippen MR) is 71.7 cm³/mol. The fraction of sp³-hybridized carbons (Fsp3) is 0.467. The molecule has 5 heteroatoms. The Morgan fingerprint density at radius 2 is 1.95 bits per heavy atom. The van der Waals surface area contributed by atoms with Crippen LogP contribution in [0.25, 0.3) is 0 Å². The highest BCUT2D eigenvalue weighted by Crippen LogP contribution is 2.35. The normalized spacial score (nSPS) is 22.9. The standard InChI is InChI=1S/C15H17NO4/c17-13(16-15(14(18)19)7-3-4-8-15)11-9-20-12-6-2-1-5-10(11)12/h1-2,5-6,11H,3-4,7-9H2,(H,16,17)(H,18,19)/t11-/m1/s1. The van der Waals surface area contributed by atoms with Crippen molar-refractivity contribution in [2.75, 3.05) is 6.61 Å². The lowest BCUT2D eigenvalue weighted by Gasteiger charge is -2.26. The van der Waals surface area contributed by atoms with Gasteiger partial charge in [0.2, 0.25) is 5.91 Å². The lowest BCUT2D eigenvalue weighted by atomic mass is 9.94. The Kier molecular flexibility index (Phi) is 3.12. The number of hydrogen-bond acceptors (Lipinski definition) is 3. The first-order chi connectivity index (χ1) is 9.62.